The Morgan fingerprint density at radius 1 is 1.13 bits per heavy atom. The van der Waals surface area contributed by atoms with Crippen molar-refractivity contribution in [1.29, 1.82) is 0 Å². The van der Waals surface area contributed by atoms with Gasteiger partial charge in [0, 0.05) is 11.8 Å². The van der Waals surface area contributed by atoms with E-state index in [0.29, 0.717) is 17.3 Å². The van der Waals surface area contributed by atoms with Gasteiger partial charge in [0.15, 0.2) is 0 Å². The summed E-state index contributed by atoms with van der Waals surface area (Å²) in [6.45, 7) is 0. The van der Waals surface area contributed by atoms with Crippen LogP contribution in [0.3, 0.4) is 0 Å². The number of hydrogen-bond acceptors (Lipinski definition) is 2. The lowest BCUT2D eigenvalue weighted by molar-refractivity contribution is 0.534. The first-order valence-electron chi connectivity index (χ1n) is 4.35. The zero-order valence-electron chi connectivity index (χ0n) is 7.71. The first kappa shape index (κ1) is 10.2. The minimum absolute atomic E-state index is 0.254. The Kier molecular flexibility index (Phi) is 2.77. The lowest BCUT2D eigenvalue weighted by atomic mass is 10.1. The van der Waals surface area contributed by atoms with Crippen molar-refractivity contribution >= 4 is 12.6 Å². The van der Waals surface area contributed by atoms with Crippen molar-refractivity contribution < 1.29 is 13.2 Å². The second-order valence-electron chi connectivity index (χ2n) is 3.05. The average molecular weight is 226 g/mol. The number of thiol groups is 1. The Hall–Kier alpha value is -1.29. The van der Waals surface area contributed by atoms with E-state index in [9.17, 15) is 8.78 Å². The molecule has 0 spiro atoms. The standard InChI is InChI=1S/C11H8F2OS/c12-7-1-3-9(10(13)5-7)11-4-2-8(6-15)14-11/h1-5,15H,6H2. The molecule has 0 saturated carbocycles. The van der Waals surface area contributed by atoms with E-state index in [1.165, 1.54) is 12.1 Å². The van der Waals surface area contributed by atoms with Crippen LogP contribution in [-0.4, -0.2) is 0 Å². The van der Waals surface area contributed by atoms with Crippen molar-refractivity contribution in [2.45, 2.75) is 5.75 Å². The summed E-state index contributed by atoms with van der Waals surface area (Å²) in [5.74, 6) is 0.254. The molecule has 0 bridgehead atoms. The van der Waals surface area contributed by atoms with E-state index in [2.05, 4.69) is 12.6 Å². The number of benzene rings is 1. The fourth-order valence-electron chi connectivity index (χ4n) is 1.30. The molecule has 0 atom stereocenters. The lowest BCUT2D eigenvalue weighted by Gasteiger charge is -1.99. The summed E-state index contributed by atoms with van der Waals surface area (Å²) in [5.41, 5.74) is 0.254. The molecule has 0 aliphatic heterocycles. The molecular weight excluding hydrogens is 218 g/mol. The molecule has 2 rings (SSSR count). The molecule has 1 aromatic carbocycles. The Bertz CT molecular complexity index is 479. The molecule has 1 aromatic heterocycles. The van der Waals surface area contributed by atoms with Crippen LogP contribution in [0.1, 0.15) is 5.76 Å². The minimum Gasteiger partial charge on any atom is -0.460 e. The van der Waals surface area contributed by atoms with Gasteiger partial charge in [0.2, 0.25) is 0 Å². The molecule has 2 aromatic rings. The van der Waals surface area contributed by atoms with Gasteiger partial charge in [-0.2, -0.15) is 12.6 Å². The number of furan rings is 1. The van der Waals surface area contributed by atoms with Crippen molar-refractivity contribution in [3.8, 4) is 11.3 Å². The molecule has 0 aliphatic rings. The SMILES string of the molecule is Fc1ccc(-c2ccc(CS)o2)c(F)c1. The van der Waals surface area contributed by atoms with Crippen LogP contribution in [0.5, 0.6) is 0 Å². The molecule has 4 heteroatoms. The normalized spacial score (nSPS) is 10.6. The van der Waals surface area contributed by atoms with E-state index >= 15 is 0 Å². The van der Waals surface area contributed by atoms with Crippen molar-refractivity contribution in [3.05, 3.63) is 47.7 Å². The first-order chi connectivity index (χ1) is 7.20. The molecule has 1 nitrogen and oxygen atoms in total. The third-order valence-corrected chi connectivity index (χ3v) is 2.33. The minimum atomic E-state index is -0.630. The largest absolute Gasteiger partial charge is 0.460 e. The van der Waals surface area contributed by atoms with Crippen LogP contribution in [-0.2, 0) is 5.75 Å². The Labute approximate surface area is 91.1 Å². The van der Waals surface area contributed by atoms with E-state index in [1.807, 2.05) is 0 Å². The van der Waals surface area contributed by atoms with Crippen LogP contribution in [0.4, 0.5) is 8.78 Å². The highest BCUT2D eigenvalue weighted by Crippen LogP contribution is 2.25. The van der Waals surface area contributed by atoms with Crippen LogP contribution in [0, 0.1) is 11.6 Å². The van der Waals surface area contributed by atoms with Gasteiger partial charge in [-0.25, -0.2) is 8.78 Å². The fraction of sp³-hybridized carbons (Fsp3) is 0.0909. The zero-order chi connectivity index (χ0) is 10.8. The molecule has 0 unspecified atom stereocenters. The van der Waals surface area contributed by atoms with Crippen LogP contribution in [0.15, 0.2) is 34.7 Å². The predicted octanol–water partition coefficient (Wildman–Crippen LogP) is 3.65. The van der Waals surface area contributed by atoms with Gasteiger partial charge in [0.1, 0.15) is 23.2 Å². The molecular formula is C11H8F2OS. The highest BCUT2D eigenvalue weighted by molar-refractivity contribution is 7.79. The zero-order valence-corrected chi connectivity index (χ0v) is 8.60. The molecule has 15 heavy (non-hydrogen) atoms. The Morgan fingerprint density at radius 2 is 1.93 bits per heavy atom. The molecule has 0 radical (unpaired) electrons. The van der Waals surface area contributed by atoms with Gasteiger partial charge in [-0.05, 0) is 24.3 Å². The Balaban J connectivity index is 2.44. The molecule has 0 amide bonds. The third-order valence-electron chi connectivity index (χ3n) is 2.01. The van der Waals surface area contributed by atoms with Gasteiger partial charge >= 0.3 is 0 Å². The summed E-state index contributed by atoms with van der Waals surface area (Å²) >= 11 is 4.03. The van der Waals surface area contributed by atoms with Crippen molar-refractivity contribution in [1.82, 2.24) is 0 Å². The van der Waals surface area contributed by atoms with Gasteiger partial charge in [-0.15, -0.1) is 0 Å². The van der Waals surface area contributed by atoms with E-state index in [1.54, 1.807) is 12.1 Å². The number of hydrogen-bond donors (Lipinski definition) is 1. The Morgan fingerprint density at radius 3 is 2.53 bits per heavy atom. The monoisotopic (exact) mass is 226 g/mol. The quantitative estimate of drug-likeness (QED) is 0.771. The summed E-state index contributed by atoms with van der Waals surface area (Å²) < 4.78 is 31.3. The number of rotatable bonds is 2. The lowest BCUT2D eigenvalue weighted by Crippen LogP contribution is -1.84. The van der Waals surface area contributed by atoms with Gasteiger partial charge < -0.3 is 4.42 Å². The smallest absolute Gasteiger partial charge is 0.137 e. The summed E-state index contributed by atoms with van der Waals surface area (Å²) in [7, 11) is 0. The highest BCUT2D eigenvalue weighted by atomic mass is 32.1. The van der Waals surface area contributed by atoms with Crippen molar-refractivity contribution in [3.63, 3.8) is 0 Å². The third kappa shape index (κ3) is 2.04. The van der Waals surface area contributed by atoms with E-state index < -0.39 is 11.6 Å². The summed E-state index contributed by atoms with van der Waals surface area (Å²) in [6.07, 6.45) is 0. The van der Waals surface area contributed by atoms with Crippen LogP contribution in [0.25, 0.3) is 11.3 Å². The summed E-state index contributed by atoms with van der Waals surface area (Å²) in [4.78, 5) is 0. The van der Waals surface area contributed by atoms with Crippen molar-refractivity contribution in [2.24, 2.45) is 0 Å². The average Bonchev–Trinajstić information content (AvgIpc) is 2.66. The predicted molar refractivity (Wildman–Crippen MR) is 56.8 cm³/mol. The second-order valence-corrected chi connectivity index (χ2v) is 3.36. The fourth-order valence-corrected chi connectivity index (χ4v) is 1.47. The second kappa shape index (κ2) is 4.06. The summed E-state index contributed by atoms with van der Waals surface area (Å²) in [6, 6.07) is 6.73. The maximum atomic E-state index is 13.3. The molecule has 78 valence electrons. The maximum absolute atomic E-state index is 13.3. The van der Waals surface area contributed by atoms with E-state index in [4.69, 9.17) is 4.42 Å². The maximum Gasteiger partial charge on any atom is 0.137 e. The molecule has 1 heterocycles. The topological polar surface area (TPSA) is 13.1 Å². The summed E-state index contributed by atoms with van der Waals surface area (Å²) in [5, 5.41) is 0. The van der Waals surface area contributed by atoms with E-state index in [0.717, 1.165) is 6.07 Å². The number of halogens is 2. The van der Waals surface area contributed by atoms with Gasteiger partial charge in [-0.3, -0.25) is 0 Å². The van der Waals surface area contributed by atoms with Crippen LogP contribution < -0.4 is 0 Å². The molecule has 0 aliphatic carbocycles. The van der Waals surface area contributed by atoms with Gasteiger partial charge in [0.05, 0.1) is 5.56 Å². The first-order valence-corrected chi connectivity index (χ1v) is 4.99. The molecule has 0 N–H and O–H groups in total. The van der Waals surface area contributed by atoms with E-state index in [-0.39, 0.29) is 5.56 Å². The van der Waals surface area contributed by atoms with Crippen LogP contribution >= 0.6 is 12.6 Å². The van der Waals surface area contributed by atoms with Gasteiger partial charge in [-0.1, -0.05) is 0 Å². The molecule has 0 saturated heterocycles. The van der Waals surface area contributed by atoms with Crippen molar-refractivity contribution in [2.75, 3.05) is 0 Å². The van der Waals surface area contributed by atoms with Gasteiger partial charge in [0.25, 0.3) is 0 Å². The van der Waals surface area contributed by atoms with Crippen LogP contribution in [0.2, 0.25) is 0 Å². The highest BCUT2D eigenvalue weighted by Gasteiger charge is 2.09. The molecule has 0 fully saturated rings.